The van der Waals surface area contributed by atoms with Gasteiger partial charge in [-0.15, -0.1) is 0 Å². The highest BCUT2D eigenvalue weighted by atomic mass is 16.4. The monoisotopic (exact) mass is 434 g/mol. The molecule has 1 aromatic heterocycles. The predicted molar refractivity (Wildman–Crippen MR) is 128 cm³/mol. The van der Waals surface area contributed by atoms with Crippen LogP contribution in [0.5, 0.6) is 0 Å². The van der Waals surface area contributed by atoms with Crippen LogP contribution in [0.2, 0.25) is 0 Å². The van der Waals surface area contributed by atoms with Crippen LogP contribution in [0.25, 0.3) is 11.3 Å². The minimum Gasteiger partial charge on any atom is -0.441 e. The molecule has 4 heteroatoms. The Kier molecular flexibility index (Phi) is 5.06. The molecule has 1 heterocycles. The van der Waals surface area contributed by atoms with Crippen LogP contribution < -0.4 is 5.32 Å². The van der Waals surface area contributed by atoms with E-state index in [9.17, 15) is 4.79 Å². The molecule has 33 heavy (non-hydrogen) atoms. The van der Waals surface area contributed by atoms with Crippen LogP contribution in [0.1, 0.15) is 52.8 Å². The lowest BCUT2D eigenvalue weighted by Crippen LogP contribution is -2.39. The molecule has 4 nitrogen and oxygen atoms in total. The maximum Gasteiger partial charge on any atom is 0.220 e. The SMILES string of the molecule is O=C(CCc1ncc(-c2ccccc2)o1)NCC1CC2c3ccccc3C1c1ccccc12. The highest BCUT2D eigenvalue weighted by Gasteiger charge is 2.42. The first kappa shape index (κ1) is 20.0. The van der Waals surface area contributed by atoms with Gasteiger partial charge in [-0.25, -0.2) is 4.98 Å². The van der Waals surface area contributed by atoms with Crippen molar-refractivity contribution in [1.29, 1.82) is 0 Å². The lowest BCUT2D eigenvalue weighted by Gasteiger charge is -2.45. The second-order valence-electron chi connectivity index (χ2n) is 9.07. The lowest BCUT2D eigenvalue weighted by atomic mass is 9.59. The number of fused-ring (bicyclic) bond motifs is 1. The van der Waals surface area contributed by atoms with E-state index in [2.05, 4.69) is 58.8 Å². The molecule has 1 amide bonds. The van der Waals surface area contributed by atoms with Gasteiger partial charge in [0.05, 0.1) is 6.20 Å². The van der Waals surface area contributed by atoms with Crippen molar-refractivity contribution >= 4 is 5.91 Å². The van der Waals surface area contributed by atoms with Crippen molar-refractivity contribution in [2.75, 3.05) is 6.54 Å². The van der Waals surface area contributed by atoms with E-state index in [4.69, 9.17) is 4.42 Å². The van der Waals surface area contributed by atoms with Crippen molar-refractivity contribution in [3.8, 4) is 11.3 Å². The third-order valence-corrected chi connectivity index (χ3v) is 7.16. The molecule has 0 spiro atoms. The number of amides is 1. The number of nitrogens with zero attached hydrogens (tertiary/aromatic N) is 1. The van der Waals surface area contributed by atoms with Gasteiger partial charge in [0.15, 0.2) is 11.7 Å². The zero-order valence-corrected chi connectivity index (χ0v) is 18.4. The van der Waals surface area contributed by atoms with Gasteiger partial charge in [0.2, 0.25) is 5.91 Å². The molecule has 3 aliphatic carbocycles. The largest absolute Gasteiger partial charge is 0.441 e. The summed E-state index contributed by atoms with van der Waals surface area (Å²) in [6.07, 6.45) is 3.69. The summed E-state index contributed by atoms with van der Waals surface area (Å²) < 4.78 is 5.84. The van der Waals surface area contributed by atoms with E-state index in [0.717, 1.165) is 17.7 Å². The summed E-state index contributed by atoms with van der Waals surface area (Å²) in [5.41, 5.74) is 6.78. The van der Waals surface area contributed by atoms with Crippen LogP contribution in [0.15, 0.2) is 89.5 Å². The molecule has 2 bridgehead atoms. The Labute approximate surface area is 193 Å². The molecule has 1 N–H and O–H groups in total. The number of oxazole rings is 1. The lowest BCUT2D eigenvalue weighted by molar-refractivity contribution is -0.121. The Morgan fingerprint density at radius 2 is 1.52 bits per heavy atom. The summed E-state index contributed by atoms with van der Waals surface area (Å²) >= 11 is 0. The maximum atomic E-state index is 12.7. The molecular formula is C29H26N2O2. The molecule has 3 aromatic carbocycles. The maximum absolute atomic E-state index is 12.7. The summed E-state index contributed by atoms with van der Waals surface area (Å²) in [6, 6.07) is 27.5. The van der Waals surface area contributed by atoms with Crippen molar-refractivity contribution in [2.24, 2.45) is 5.92 Å². The first-order valence-electron chi connectivity index (χ1n) is 11.7. The topological polar surface area (TPSA) is 55.1 Å². The first-order valence-corrected chi connectivity index (χ1v) is 11.7. The number of carbonyl (C=O) groups is 1. The minimum absolute atomic E-state index is 0.0532. The van der Waals surface area contributed by atoms with E-state index in [-0.39, 0.29) is 5.91 Å². The van der Waals surface area contributed by atoms with Crippen LogP contribution in [-0.4, -0.2) is 17.4 Å². The van der Waals surface area contributed by atoms with Gasteiger partial charge in [0, 0.05) is 36.8 Å². The Morgan fingerprint density at radius 3 is 2.21 bits per heavy atom. The van der Waals surface area contributed by atoms with Gasteiger partial charge in [0.1, 0.15) is 0 Å². The zero-order valence-electron chi connectivity index (χ0n) is 18.4. The zero-order chi connectivity index (χ0) is 22.2. The average Bonchev–Trinajstić information content (AvgIpc) is 3.36. The number of aryl methyl sites for hydroxylation is 1. The molecule has 0 saturated carbocycles. The van der Waals surface area contributed by atoms with Gasteiger partial charge in [-0.1, -0.05) is 78.9 Å². The van der Waals surface area contributed by atoms with E-state index in [1.807, 2.05) is 30.3 Å². The van der Waals surface area contributed by atoms with Crippen molar-refractivity contribution in [3.63, 3.8) is 0 Å². The van der Waals surface area contributed by atoms with E-state index >= 15 is 0 Å². The van der Waals surface area contributed by atoms with Crippen molar-refractivity contribution < 1.29 is 9.21 Å². The molecular weight excluding hydrogens is 408 g/mol. The first-order chi connectivity index (χ1) is 16.3. The number of benzene rings is 3. The highest BCUT2D eigenvalue weighted by molar-refractivity contribution is 5.76. The third kappa shape index (κ3) is 3.66. The quantitative estimate of drug-likeness (QED) is 0.424. The molecule has 0 aliphatic heterocycles. The summed E-state index contributed by atoms with van der Waals surface area (Å²) in [7, 11) is 0. The second-order valence-corrected chi connectivity index (χ2v) is 9.07. The van der Waals surface area contributed by atoms with Crippen LogP contribution >= 0.6 is 0 Å². The van der Waals surface area contributed by atoms with Gasteiger partial charge in [0.25, 0.3) is 0 Å². The number of hydrogen-bond donors (Lipinski definition) is 1. The number of rotatable bonds is 6. The van der Waals surface area contributed by atoms with Crippen LogP contribution in [0.4, 0.5) is 0 Å². The molecule has 1 atom stereocenters. The molecule has 0 saturated heterocycles. The van der Waals surface area contributed by atoms with E-state index in [1.165, 1.54) is 22.3 Å². The summed E-state index contributed by atoms with van der Waals surface area (Å²) in [4.78, 5) is 17.0. The fourth-order valence-corrected chi connectivity index (χ4v) is 5.68. The standard InChI is InChI=1S/C29H26N2O2/c32-27(14-15-28-31-18-26(33-28)19-8-2-1-3-9-19)30-17-20-16-25-21-10-4-6-12-23(21)29(20)24-13-7-5-11-22(24)25/h1-13,18,20,25,29H,14-17H2,(H,30,32). The molecule has 164 valence electrons. The molecule has 4 aromatic rings. The molecule has 1 unspecified atom stereocenters. The van der Waals surface area contributed by atoms with Gasteiger partial charge in [-0.3, -0.25) is 4.79 Å². The number of aromatic nitrogens is 1. The molecule has 0 fully saturated rings. The minimum atomic E-state index is 0.0532. The molecule has 0 radical (unpaired) electrons. The van der Waals surface area contributed by atoms with Crippen LogP contribution in [0, 0.1) is 5.92 Å². The Hall–Kier alpha value is -3.66. The summed E-state index contributed by atoms with van der Waals surface area (Å²) in [5.74, 6) is 2.58. The van der Waals surface area contributed by atoms with E-state index in [0.29, 0.717) is 43.0 Å². The van der Waals surface area contributed by atoms with Crippen LogP contribution in [0.3, 0.4) is 0 Å². The molecule has 7 rings (SSSR count). The van der Waals surface area contributed by atoms with Gasteiger partial charge < -0.3 is 9.73 Å². The van der Waals surface area contributed by atoms with Gasteiger partial charge in [-0.05, 0) is 34.6 Å². The van der Waals surface area contributed by atoms with Crippen LogP contribution in [-0.2, 0) is 11.2 Å². The second kappa shape index (κ2) is 8.36. The summed E-state index contributed by atoms with van der Waals surface area (Å²) in [5, 5.41) is 3.20. The summed E-state index contributed by atoms with van der Waals surface area (Å²) in [6.45, 7) is 0.698. The fraction of sp³-hybridized carbons (Fsp3) is 0.241. The number of nitrogens with one attached hydrogen (secondary N) is 1. The Morgan fingerprint density at radius 1 is 0.879 bits per heavy atom. The average molecular weight is 435 g/mol. The van der Waals surface area contributed by atoms with Gasteiger partial charge in [-0.2, -0.15) is 0 Å². The number of carbonyl (C=O) groups excluding carboxylic acids is 1. The van der Waals surface area contributed by atoms with E-state index < -0.39 is 0 Å². The van der Waals surface area contributed by atoms with Crippen molar-refractivity contribution in [1.82, 2.24) is 10.3 Å². The van der Waals surface area contributed by atoms with Crippen molar-refractivity contribution in [2.45, 2.75) is 31.1 Å². The third-order valence-electron chi connectivity index (χ3n) is 7.16. The normalized spacial score (nSPS) is 20.2. The molecule has 3 aliphatic rings. The van der Waals surface area contributed by atoms with Crippen molar-refractivity contribution in [3.05, 3.63) is 113 Å². The highest BCUT2D eigenvalue weighted by Crippen LogP contribution is 2.55. The Balaban J connectivity index is 1.10. The smallest absolute Gasteiger partial charge is 0.220 e. The van der Waals surface area contributed by atoms with E-state index in [1.54, 1.807) is 6.20 Å². The van der Waals surface area contributed by atoms with Gasteiger partial charge >= 0.3 is 0 Å². The Bertz CT molecular complexity index is 1250. The number of hydrogen-bond acceptors (Lipinski definition) is 3. The predicted octanol–water partition coefficient (Wildman–Crippen LogP) is 5.69. The fourth-order valence-electron chi connectivity index (χ4n) is 5.68.